The van der Waals surface area contributed by atoms with Gasteiger partial charge in [0.1, 0.15) is 11.8 Å². The molecule has 1 spiro atoms. The maximum absolute atomic E-state index is 11.6. The molecule has 0 aromatic rings. The number of carbonyl (C=O) groups excluding carboxylic acids is 2. The minimum Gasteiger partial charge on any atom is -0.294 e. The van der Waals surface area contributed by atoms with Crippen molar-refractivity contribution in [1.29, 1.82) is 10.5 Å². The van der Waals surface area contributed by atoms with Crippen molar-refractivity contribution in [3.63, 3.8) is 0 Å². The summed E-state index contributed by atoms with van der Waals surface area (Å²) >= 11 is 0. The van der Waals surface area contributed by atoms with Gasteiger partial charge in [-0.2, -0.15) is 10.5 Å². The van der Waals surface area contributed by atoms with E-state index in [4.69, 9.17) is 10.5 Å². The van der Waals surface area contributed by atoms with Gasteiger partial charge in [-0.25, -0.2) is 0 Å². The minimum absolute atomic E-state index is 0.541. The van der Waals surface area contributed by atoms with Gasteiger partial charge in [-0.1, -0.05) is 12.8 Å². The van der Waals surface area contributed by atoms with Gasteiger partial charge in [-0.3, -0.25) is 14.9 Å². The number of amides is 2. The van der Waals surface area contributed by atoms with E-state index >= 15 is 0 Å². The molecule has 0 radical (unpaired) electrons. The van der Waals surface area contributed by atoms with E-state index in [2.05, 4.69) is 5.32 Å². The van der Waals surface area contributed by atoms with Gasteiger partial charge >= 0.3 is 0 Å². The van der Waals surface area contributed by atoms with Crippen LogP contribution in [-0.2, 0) is 9.59 Å². The van der Waals surface area contributed by atoms with Gasteiger partial charge in [-0.05, 0) is 12.8 Å². The number of carbonyl (C=O) groups is 2. The van der Waals surface area contributed by atoms with Crippen LogP contribution in [0.3, 0.4) is 0 Å². The Hall–Kier alpha value is -1.88. The van der Waals surface area contributed by atoms with Crippen LogP contribution in [0.15, 0.2) is 0 Å². The number of nitriles is 2. The molecule has 0 aromatic heterocycles. The van der Waals surface area contributed by atoms with Crippen LogP contribution in [0.1, 0.15) is 25.7 Å². The molecule has 2 aliphatic rings. The van der Waals surface area contributed by atoms with Crippen molar-refractivity contribution in [2.45, 2.75) is 25.7 Å². The van der Waals surface area contributed by atoms with Gasteiger partial charge in [0, 0.05) is 5.41 Å². The number of imide groups is 1. The van der Waals surface area contributed by atoms with Crippen molar-refractivity contribution in [2.75, 3.05) is 0 Å². The van der Waals surface area contributed by atoms with Crippen LogP contribution in [-0.4, -0.2) is 11.8 Å². The molecule has 1 saturated heterocycles. The lowest BCUT2D eigenvalue weighted by Gasteiger charge is -2.39. The minimum atomic E-state index is -0.864. The third kappa shape index (κ3) is 1.22. The molecule has 0 bridgehead atoms. The normalized spacial score (nSPS) is 31.9. The summed E-state index contributed by atoms with van der Waals surface area (Å²) in [6, 6.07) is 3.91. The molecule has 1 heterocycles. The summed E-state index contributed by atoms with van der Waals surface area (Å²) in [5.41, 5.74) is -0.733. The van der Waals surface area contributed by atoms with E-state index in [9.17, 15) is 9.59 Å². The number of hydrogen-bond donors (Lipinski definition) is 1. The molecule has 5 nitrogen and oxygen atoms in total. The monoisotopic (exact) mass is 217 g/mol. The quantitative estimate of drug-likeness (QED) is 0.597. The third-order valence-corrected chi connectivity index (χ3v) is 3.71. The van der Waals surface area contributed by atoms with Crippen LogP contribution in [0.4, 0.5) is 0 Å². The van der Waals surface area contributed by atoms with Crippen LogP contribution in [0.5, 0.6) is 0 Å². The Kier molecular flexibility index (Phi) is 2.40. The van der Waals surface area contributed by atoms with Crippen molar-refractivity contribution in [3.8, 4) is 12.1 Å². The third-order valence-electron chi connectivity index (χ3n) is 3.71. The van der Waals surface area contributed by atoms with E-state index in [0.29, 0.717) is 12.8 Å². The van der Waals surface area contributed by atoms with Crippen LogP contribution >= 0.6 is 0 Å². The molecule has 1 aliphatic heterocycles. The fourth-order valence-electron chi connectivity index (χ4n) is 2.94. The van der Waals surface area contributed by atoms with E-state index in [1.54, 1.807) is 0 Å². The second-order valence-electron chi connectivity index (χ2n) is 4.42. The van der Waals surface area contributed by atoms with Gasteiger partial charge in [0.2, 0.25) is 11.8 Å². The Morgan fingerprint density at radius 1 is 1.06 bits per heavy atom. The number of nitrogens with zero attached hydrogens (tertiary/aromatic N) is 2. The zero-order chi connectivity index (χ0) is 11.8. The lowest BCUT2D eigenvalue weighted by atomic mass is 9.63. The second-order valence-corrected chi connectivity index (χ2v) is 4.42. The van der Waals surface area contributed by atoms with Crippen molar-refractivity contribution in [3.05, 3.63) is 0 Å². The smallest absolute Gasteiger partial charge is 0.244 e. The first kappa shape index (κ1) is 10.6. The summed E-state index contributed by atoms with van der Waals surface area (Å²) in [5.74, 6) is -2.81. The number of rotatable bonds is 0. The van der Waals surface area contributed by atoms with Gasteiger partial charge < -0.3 is 0 Å². The van der Waals surface area contributed by atoms with Crippen molar-refractivity contribution >= 4 is 11.8 Å². The van der Waals surface area contributed by atoms with Gasteiger partial charge in [0.15, 0.2) is 0 Å². The molecule has 0 unspecified atom stereocenters. The summed E-state index contributed by atoms with van der Waals surface area (Å²) in [7, 11) is 0. The lowest BCUT2D eigenvalue weighted by Crippen LogP contribution is -2.56. The molecule has 82 valence electrons. The standard InChI is InChI=1S/C11H11N3O2/c12-5-7-9(15)14-10(16)8(6-13)11(7)3-1-2-4-11/h7-8H,1-4H2,(H,14,15,16)/t7-,8-/m1/s1. The zero-order valence-corrected chi connectivity index (χ0v) is 8.69. The highest BCUT2D eigenvalue weighted by Gasteiger charge is 2.57. The van der Waals surface area contributed by atoms with Gasteiger partial charge in [-0.15, -0.1) is 0 Å². The second kappa shape index (κ2) is 3.61. The summed E-state index contributed by atoms with van der Waals surface area (Å²) in [6.07, 6.45) is 2.97. The molecule has 1 saturated carbocycles. The fraction of sp³-hybridized carbons (Fsp3) is 0.636. The molecule has 2 rings (SSSR count). The predicted octanol–water partition coefficient (Wildman–Crippen LogP) is 0.483. The predicted molar refractivity (Wildman–Crippen MR) is 52.3 cm³/mol. The van der Waals surface area contributed by atoms with Crippen molar-refractivity contribution < 1.29 is 9.59 Å². The Morgan fingerprint density at radius 2 is 1.50 bits per heavy atom. The molecule has 0 aromatic carbocycles. The molecular formula is C11H11N3O2. The maximum atomic E-state index is 11.6. The van der Waals surface area contributed by atoms with E-state index in [0.717, 1.165) is 12.8 Å². The topological polar surface area (TPSA) is 93.8 Å². The van der Waals surface area contributed by atoms with E-state index in [-0.39, 0.29) is 0 Å². The first-order valence-corrected chi connectivity index (χ1v) is 5.29. The summed E-state index contributed by atoms with van der Waals surface area (Å²) in [5, 5.41) is 20.2. The number of piperidine rings is 1. The number of hydrogen-bond acceptors (Lipinski definition) is 4. The Morgan fingerprint density at radius 3 is 1.88 bits per heavy atom. The van der Waals surface area contributed by atoms with Crippen LogP contribution in [0.25, 0.3) is 0 Å². The molecule has 2 fully saturated rings. The average Bonchev–Trinajstić information content (AvgIpc) is 2.68. The Labute approximate surface area is 93.0 Å². The Balaban J connectivity index is 2.48. The molecule has 1 N–H and O–H groups in total. The highest BCUT2D eigenvalue weighted by Crippen LogP contribution is 2.51. The van der Waals surface area contributed by atoms with E-state index < -0.39 is 29.1 Å². The first-order chi connectivity index (χ1) is 7.65. The molecule has 1 aliphatic carbocycles. The SMILES string of the molecule is N#C[C@@H]1C(=O)NC(=O)[C@@H](C#N)C12CCCC2. The van der Waals surface area contributed by atoms with Crippen molar-refractivity contribution in [2.24, 2.45) is 17.3 Å². The van der Waals surface area contributed by atoms with Crippen LogP contribution in [0, 0.1) is 39.9 Å². The molecule has 2 amide bonds. The summed E-state index contributed by atoms with van der Waals surface area (Å²) in [4.78, 5) is 23.2. The summed E-state index contributed by atoms with van der Waals surface area (Å²) < 4.78 is 0. The van der Waals surface area contributed by atoms with Crippen LogP contribution in [0.2, 0.25) is 0 Å². The van der Waals surface area contributed by atoms with Gasteiger partial charge in [0.25, 0.3) is 0 Å². The van der Waals surface area contributed by atoms with E-state index in [1.807, 2.05) is 12.1 Å². The molecule has 2 atom stereocenters. The Bertz CT molecular complexity index is 389. The highest BCUT2D eigenvalue weighted by molar-refractivity contribution is 6.03. The summed E-state index contributed by atoms with van der Waals surface area (Å²) in [6.45, 7) is 0. The maximum Gasteiger partial charge on any atom is 0.244 e. The molecular weight excluding hydrogens is 206 g/mol. The highest BCUT2D eigenvalue weighted by atomic mass is 16.2. The molecule has 5 heteroatoms. The lowest BCUT2D eigenvalue weighted by molar-refractivity contribution is -0.144. The van der Waals surface area contributed by atoms with Gasteiger partial charge in [0.05, 0.1) is 12.1 Å². The van der Waals surface area contributed by atoms with Crippen molar-refractivity contribution in [1.82, 2.24) is 5.32 Å². The van der Waals surface area contributed by atoms with Crippen LogP contribution < -0.4 is 5.32 Å². The largest absolute Gasteiger partial charge is 0.294 e. The molecule has 16 heavy (non-hydrogen) atoms. The average molecular weight is 217 g/mol. The fourth-order valence-corrected chi connectivity index (χ4v) is 2.94. The zero-order valence-electron chi connectivity index (χ0n) is 8.69. The van der Waals surface area contributed by atoms with E-state index in [1.165, 1.54) is 0 Å². The first-order valence-electron chi connectivity index (χ1n) is 5.29. The number of nitrogens with one attached hydrogen (secondary N) is 1.